The number of nitrogens with zero attached hydrogens (tertiary/aromatic N) is 2. The van der Waals surface area contributed by atoms with Gasteiger partial charge in [0.15, 0.2) is 0 Å². The molecular formula is C23H19N3O2S. The summed E-state index contributed by atoms with van der Waals surface area (Å²) < 4.78 is 1.39. The molecule has 0 radical (unpaired) electrons. The molecule has 144 valence electrons. The lowest BCUT2D eigenvalue weighted by molar-refractivity contribution is -0.122. The summed E-state index contributed by atoms with van der Waals surface area (Å²) >= 11 is 1.51. The number of hydrogen-bond acceptors (Lipinski definition) is 4. The van der Waals surface area contributed by atoms with Crippen LogP contribution in [0.5, 0.6) is 0 Å². The fraction of sp³-hybridized carbons (Fsp3) is 0.174. The first-order valence-electron chi connectivity index (χ1n) is 9.47. The second-order valence-electron chi connectivity index (χ2n) is 7.32. The summed E-state index contributed by atoms with van der Waals surface area (Å²) in [6.07, 6.45) is 1.47. The van der Waals surface area contributed by atoms with Crippen LogP contribution in [0.15, 0.2) is 59.7 Å². The van der Waals surface area contributed by atoms with Gasteiger partial charge in [0.1, 0.15) is 11.4 Å². The molecule has 29 heavy (non-hydrogen) atoms. The molecule has 0 aliphatic heterocycles. The van der Waals surface area contributed by atoms with E-state index in [9.17, 15) is 9.59 Å². The first-order chi connectivity index (χ1) is 14.0. The molecule has 0 spiro atoms. The monoisotopic (exact) mass is 401 g/mol. The highest BCUT2D eigenvalue weighted by atomic mass is 32.1. The lowest BCUT2D eigenvalue weighted by Crippen LogP contribution is -2.34. The highest BCUT2D eigenvalue weighted by molar-refractivity contribution is 7.18. The molecule has 1 amide bonds. The number of aryl methyl sites for hydroxylation is 2. The predicted octanol–water partition coefficient (Wildman–Crippen LogP) is 3.96. The Morgan fingerprint density at radius 1 is 1.07 bits per heavy atom. The number of nitrogens with one attached hydrogen (secondary N) is 1. The third-order valence-corrected chi connectivity index (χ3v) is 6.72. The van der Waals surface area contributed by atoms with Gasteiger partial charge in [-0.25, -0.2) is 4.98 Å². The highest BCUT2D eigenvalue weighted by Gasteiger charge is 2.29. The molecule has 0 saturated carbocycles. The third-order valence-electron chi connectivity index (χ3n) is 5.61. The van der Waals surface area contributed by atoms with Gasteiger partial charge in [-0.15, -0.1) is 11.3 Å². The van der Waals surface area contributed by atoms with Crippen LogP contribution >= 0.6 is 11.3 Å². The molecule has 0 atom stereocenters. The Morgan fingerprint density at radius 2 is 1.69 bits per heavy atom. The maximum atomic E-state index is 12.9. The first-order valence-corrected chi connectivity index (χ1v) is 10.3. The van der Waals surface area contributed by atoms with Gasteiger partial charge in [0, 0.05) is 4.88 Å². The second-order valence-corrected chi connectivity index (χ2v) is 8.52. The third kappa shape index (κ3) is 2.79. The summed E-state index contributed by atoms with van der Waals surface area (Å²) in [5, 5.41) is 3.72. The normalized spacial score (nSPS) is 12.8. The topological polar surface area (TPSA) is 64.0 Å². The van der Waals surface area contributed by atoms with Crippen LogP contribution in [0.2, 0.25) is 0 Å². The van der Waals surface area contributed by atoms with Crippen LogP contribution < -0.4 is 10.9 Å². The van der Waals surface area contributed by atoms with Gasteiger partial charge in [-0.05, 0) is 41.7 Å². The van der Waals surface area contributed by atoms with Crippen molar-refractivity contribution in [2.24, 2.45) is 0 Å². The van der Waals surface area contributed by atoms with Crippen molar-refractivity contribution in [2.45, 2.75) is 26.4 Å². The maximum absolute atomic E-state index is 12.9. The van der Waals surface area contributed by atoms with Crippen LogP contribution in [0.3, 0.4) is 0 Å². The molecule has 0 bridgehead atoms. The SMILES string of the molecule is Cc1sc2ncn(CC(=O)NC3c4ccccc4-c4ccccc43)c(=O)c2c1C. The van der Waals surface area contributed by atoms with Crippen molar-refractivity contribution >= 4 is 27.5 Å². The van der Waals surface area contributed by atoms with Crippen LogP contribution in [-0.2, 0) is 11.3 Å². The Hall–Kier alpha value is -3.25. The summed E-state index contributed by atoms with van der Waals surface area (Å²) in [6.45, 7) is 3.85. The van der Waals surface area contributed by atoms with E-state index in [1.54, 1.807) is 0 Å². The van der Waals surface area contributed by atoms with E-state index in [1.807, 2.05) is 50.2 Å². The van der Waals surface area contributed by atoms with Crippen molar-refractivity contribution in [2.75, 3.05) is 0 Å². The number of hydrogen-bond donors (Lipinski definition) is 1. The summed E-state index contributed by atoms with van der Waals surface area (Å²) in [6, 6.07) is 16.0. The molecule has 2 aromatic heterocycles. The second kappa shape index (κ2) is 6.67. The van der Waals surface area contributed by atoms with Gasteiger partial charge in [0.05, 0.1) is 17.8 Å². The zero-order valence-electron chi connectivity index (χ0n) is 16.1. The van der Waals surface area contributed by atoms with Crippen LogP contribution in [0.4, 0.5) is 0 Å². The minimum atomic E-state index is -0.215. The van der Waals surface area contributed by atoms with Gasteiger partial charge in [-0.2, -0.15) is 0 Å². The number of amides is 1. The summed E-state index contributed by atoms with van der Waals surface area (Å²) in [4.78, 5) is 31.9. The number of fused-ring (bicyclic) bond motifs is 4. The smallest absolute Gasteiger partial charge is 0.262 e. The van der Waals surface area contributed by atoms with E-state index < -0.39 is 0 Å². The number of rotatable bonds is 3. The molecule has 0 fully saturated rings. The molecular weight excluding hydrogens is 382 g/mol. The molecule has 5 nitrogen and oxygen atoms in total. The fourth-order valence-electron chi connectivity index (χ4n) is 4.06. The largest absolute Gasteiger partial charge is 0.344 e. The van der Waals surface area contributed by atoms with Crippen molar-refractivity contribution in [3.05, 3.63) is 86.8 Å². The number of benzene rings is 2. The standard InChI is InChI=1S/C23H19N3O2S/c1-13-14(2)29-22-20(13)23(28)26(12-24-22)11-19(27)25-21-17-9-5-3-7-15(17)16-8-4-6-10-18(16)21/h3-10,12,21H,11H2,1-2H3,(H,25,27). The quantitative estimate of drug-likeness (QED) is 0.565. The Bertz CT molecular complexity index is 1290. The van der Waals surface area contributed by atoms with E-state index >= 15 is 0 Å². The number of thiophene rings is 1. The van der Waals surface area contributed by atoms with Crippen LogP contribution in [-0.4, -0.2) is 15.5 Å². The average Bonchev–Trinajstić information content (AvgIpc) is 3.20. The van der Waals surface area contributed by atoms with Gasteiger partial charge in [0.2, 0.25) is 5.91 Å². The van der Waals surface area contributed by atoms with Crippen LogP contribution in [0, 0.1) is 13.8 Å². The molecule has 0 unspecified atom stereocenters. The molecule has 1 N–H and O–H groups in total. The number of carbonyl (C=O) groups is 1. The predicted molar refractivity (Wildman–Crippen MR) is 115 cm³/mol. The van der Waals surface area contributed by atoms with Crippen molar-refractivity contribution in [1.82, 2.24) is 14.9 Å². The van der Waals surface area contributed by atoms with E-state index in [4.69, 9.17) is 0 Å². The Morgan fingerprint density at radius 3 is 2.34 bits per heavy atom. The van der Waals surface area contributed by atoms with E-state index in [2.05, 4.69) is 22.4 Å². The van der Waals surface area contributed by atoms with E-state index in [0.29, 0.717) is 5.39 Å². The Labute approximate surface area is 171 Å². The zero-order valence-corrected chi connectivity index (χ0v) is 16.9. The molecule has 2 aromatic carbocycles. The van der Waals surface area contributed by atoms with Gasteiger partial charge < -0.3 is 5.32 Å². The molecule has 1 aliphatic rings. The fourth-order valence-corrected chi connectivity index (χ4v) is 5.04. The molecule has 1 aliphatic carbocycles. The van der Waals surface area contributed by atoms with Gasteiger partial charge >= 0.3 is 0 Å². The molecule has 4 aromatic rings. The van der Waals surface area contributed by atoms with Gasteiger partial charge in [0.25, 0.3) is 5.56 Å². The van der Waals surface area contributed by atoms with Crippen LogP contribution in [0.25, 0.3) is 21.3 Å². The van der Waals surface area contributed by atoms with Crippen LogP contribution in [0.1, 0.15) is 27.6 Å². The van der Waals surface area contributed by atoms with E-state index in [-0.39, 0.29) is 24.1 Å². The minimum absolute atomic E-state index is 0.0586. The lowest BCUT2D eigenvalue weighted by Gasteiger charge is -2.16. The van der Waals surface area contributed by atoms with Gasteiger partial charge in [-0.1, -0.05) is 48.5 Å². The first kappa shape index (κ1) is 17.8. The molecule has 0 saturated heterocycles. The van der Waals surface area contributed by atoms with Crippen molar-refractivity contribution in [1.29, 1.82) is 0 Å². The molecule has 6 heteroatoms. The maximum Gasteiger partial charge on any atom is 0.262 e. The summed E-state index contributed by atoms with van der Waals surface area (Å²) in [5.74, 6) is -0.214. The van der Waals surface area contributed by atoms with E-state index in [1.165, 1.54) is 22.2 Å². The zero-order chi connectivity index (χ0) is 20.1. The van der Waals surface area contributed by atoms with Gasteiger partial charge in [-0.3, -0.25) is 14.2 Å². The number of aromatic nitrogens is 2. The lowest BCUT2D eigenvalue weighted by atomic mass is 10.1. The minimum Gasteiger partial charge on any atom is -0.344 e. The Balaban J connectivity index is 1.46. The Kier molecular flexibility index (Phi) is 4.10. The highest BCUT2D eigenvalue weighted by Crippen LogP contribution is 2.42. The van der Waals surface area contributed by atoms with Crippen molar-refractivity contribution in [3.63, 3.8) is 0 Å². The molecule has 5 rings (SSSR count). The summed E-state index contributed by atoms with van der Waals surface area (Å²) in [7, 11) is 0. The molecule has 2 heterocycles. The van der Waals surface area contributed by atoms with Crippen molar-refractivity contribution < 1.29 is 4.79 Å². The average molecular weight is 401 g/mol. The summed E-state index contributed by atoms with van der Waals surface area (Å²) in [5.41, 5.74) is 5.20. The number of carbonyl (C=O) groups excluding carboxylic acids is 1. The van der Waals surface area contributed by atoms with E-state index in [0.717, 1.165) is 37.5 Å². The van der Waals surface area contributed by atoms with Crippen molar-refractivity contribution in [3.8, 4) is 11.1 Å².